The van der Waals surface area contributed by atoms with E-state index in [1.54, 1.807) is 46.8 Å². The van der Waals surface area contributed by atoms with Gasteiger partial charge >= 0.3 is 18.0 Å². The minimum absolute atomic E-state index is 0.00900. The van der Waals surface area contributed by atoms with Crippen LogP contribution in [0.2, 0.25) is 5.02 Å². The smallest absolute Gasteiger partial charge is 0.408 e. The van der Waals surface area contributed by atoms with E-state index in [1.807, 2.05) is 12.1 Å². The van der Waals surface area contributed by atoms with E-state index in [1.165, 1.54) is 0 Å². The van der Waals surface area contributed by atoms with Gasteiger partial charge in [-0.05, 0) is 52.3 Å². The van der Waals surface area contributed by atoms with E-state index in [9.17, 15) is 14.4 Å². The molecular weight excluding hydrogens is 436 g/mol. The van der Waals surface area contributed by atoms with Crippen molar-refractivity contribution in [3.63, 3.8) is 0 Å². The summed E-state index contributed by atoms with van der Waals surface area (Å²) in [5, 5.41) is 6.66. The Hall–Kier alpha value is -2.32. The average Bonchev–Trinajstić information content (AvgIpc) is 3.09. The van der Waals surface area contributed by atoms with Crippen LogP contribution < -0.4 is 10.6 Å². The van der Waals surface area contributed by atoms with Gasteiger partial charge in [-0.2, -0.15) is 0 Å². The molecule has 1 unspecified atom stereocenters. The fourth-order valence-electron chi connectivity index (χ4n) is 3.89. The van der Waals surface area contributed by atoms with Crippen LogP contribution in [0.25, 0.3) is 0 Å². The highest BCUT2D eigenvalue weighted by Gasteiger charge is 2.46. The van der Waals surface area contributed by atoms with Crippen molar-refractivity contribution in [1.82, 2.24) is 10.6 Å². The summed E-state index contributed by atoms with van der Waals surface area (Å²) >= 11 is 6.05. The monoisotopic (exact) mass is 468 g/mol. The molecule has 1 aliphatic heterocycles. The number of rotatable bonds is 8. The number of hydrogen-bond donors (Lipinski definition) is 2. The van der Waals surface area contributed by atoms with E-state index >= 15 is 0 Å². The first-order chi connectivity index (χ1) is 15.1. The molecule has 2 N–H and O–H groups in total. The molecule has 0 aliphatic carbocycles. The molecule has 178 valence electrons. The molecule has 1 amide bonds. The van der Waals surface area contributed by atoms with Gasteiger partial charge in [0.2, 0.25) is 0 Å². The molecule has 9 heteroatoms. The fraction of sp³-hybridized carbons (Fsp3) is 0.609. The standard InChI is InChI=1S/C23H33ClN2O6/c1-6-30-18(27)12-16-17(13-25-20(16)21(28)31-7-2)19(14-8-10-15(24)11-9-14)26-22(29)32-23(3,4)5/h8-11,16-17,19-20,25H,6-7,12-13H2,1-5H3,(H,26,29)/t16-,17-,19?,20+/m1/s1. The molecule has 1 fully saturated rings. The van der Waals surface area contributed by atoms with Crippen LogP contribution >= 0.6 is 11.6 Å². The number of hydrogen-bond acceptors (Lipinski definition) is 7. The molecule has 32 heavy (non-hydrogen) atoms. The first-order valence-electron chi connectivity index (χ1n) is 10.9. The van der Waals surface area contributed by atoms with E-state index in [0.29, 0.717) is 11.6 Å². The Kier molecular flexibility index (Phi) is 9.33. The first kappa shape index (κ1) is 25.9. The van der Waals surface area contributed by atoms with Gasteiger partial charge in [0, 0.05) is 23.4 Å². The third kappa shape index (κ3) is 7.38. The predicted molar refractivity (Wildman–Crippen MR) is 120 cm³/mol. The maximum absolute atomic E-state index is 12.7. The molecule has 1 aromatic rings. The van der Waals surface area contributed by atoms with Gasteiger partial charge in [-0.15, -0.1) is 0 Å². The van der Waals surface area contributed by atoms with E-state index in [4.69, 9.17) is 25.8 Å². The van der Waals surface area contributed by atoms with Gasteiger partial charge in [0.05, 0.1) is 25.7 Å². The SMILES string of the molecule is CCOC(=O)C[C@H]1[C@@H](C(=O)OCC)NC[C@H]1C(NC(=O)OC(C)(C)C)c1ccc(Cl)cc1. The van der Waals surface area contributed by atoms with Crippen LogP contribution in [0.5, 0.6) is 0 Å². The van der Waals surface area contributed by atoms with E-state index < -0.39 is 41.6 Å². The zero-order chi connectivity index (χ0) is 23.9. The van der Waals surface area contributed by atoms with Crippen molar-refractivity contribution in [1.29, 1.82) is 0 Å². The Balaban J connectivity index is 2.38. The number of esters is 2. The summed E-state index contributed by atoms with van der Waals surface area (Å²) in [7, 11) is 0. The highest BCUT2D eigenvalue weighted by atomic mass is 35.5. The van der Waals surface area contributed by atoms with Crippen LogP contribution in [0.15, 0.2) is 24.3 Å². The second kappa shape index (κ2) is 11.5. The second-order valence-electron chi connectivity index (χ2n) is 8.65. The minimum atomic E-state index is -0.695. The molecule has 0 radical (unpaired) electrons. The zero-order valence-corrected chi connectivity index (χ0v) is 20.0. The quantitative estimate of drug-likeness (QED) is 0.443. The fourth-order valence-corrected chi connectivity index (χ4v) is 4.02. The summed E-state index contributed by atoms with van der Waals surface area (Å²) in [5.74, 6) is -1.60. The maximum atomic E-state index is 12.7. The molecule has 0 saturated carbocycles. The molecule has 1 saturated heterocycles. The molecule has 4 atom stereocenters. The van der Waals surface area contributed by atoms with Crippen molar-refractivity contribution in [2.24, 2.45) is 11.8 Å². The van der Waals surface area contributed by atoms with Crippen molar-refractivity contribution in [2.75, 3.05) is 19.8 Å². The number of ether oxygens (including phenoxy) is 3. The van der Waals surface area contributed by atoms with Crippen molar-refractivity contribution >= 4 is 29.6 Å². The van der Waals surface area contributed by atoms with Gasteiger partial charge < -0.3 is 24.8 Å². The highest BCUT2D eigenvalue weighted by Crippen LogP contribution is 2.37. The summed E-state index contributed by atoms with van der Waals surface area (Å²) in [5.41, 5.74) is 0.103. The normalized spacial score (nSPS) is 21.5. The van der Waals surface area contributed by atoms with E-state index in [0.717, 1.165) is 5.56 Å². The number of alkyl carbamates (subject to hydrolysis) is 1. The summed E-state index contributed by atoms with van der Waals surface area (Å²) in [6.07, 6.45) is -0.582. The van der Waals surface area contributed by atoms with Gasteiger partial charge in [-0.25, -0.2) is 4.79 Å². The van der Waals surface area contributed by atoms with Gasteiger partial charge in [-0.3, -0.25) is 9.59 Å². The van der Waals surface area contributed by atoms with Crippen molar-refractivity contribution in [3.8, 4) is 0 Å². The lowest BCUT2D eigenvalue weighted by atomic mass is 9.80. The lowest BCUT2D eigenvalue weighted by molar-refractivity contribution is -0.148. The van der Waals surface area contributed by atoms with Crippen molar-refractivity contribution in [2.45, 2.75) is 58.7 Å². The average molecular weight is 469 g/mol. The third-order valence-corrected chi connectivity index (χ3v) is 5.38. The van der Waals surface area contributed by atoms with Gasteiger partial charge in [0.1, 0.15) is 11.6 Å². The maximum Gasteiger partial charge on any atom is 0.408 e. The van der Waals surface area contributed by atoms with Gasteiger partial charge in [0.25, 0.3) is 0 Å². The van der Waals surface area contributed by atoms with Crippen molar-refractivity contribution in [3.05, 3.63) is 34.9 Å². The third-order valence-electron chi connectivity index (χ3n) is 5.13. The number of carbonyl (C=O) groups excluding carboxylic acids is 3. The van der Waals surface area contributed by atoms with Crippen LogP contribution in [0.4, 0.5) is 4.79 Å². The number of nitrogens with one attached hydrogen (secondary N) is 2. The molecule has 1 aliphatic rings. The summed E-state index contributed by atoms with van der Waals surface area (Å²) in [4.78, 5) is 37.6. The van der Waals surface area contributed by atoms with Crippen LogP contribution in [0, 0.1) is 11.8 Å². The first-order valence-corrected chi connectivity index (χ1v) is 11.2. The lowest BCUT2D eigenvalue weighted by Crippen LogP contribution is -2.42. The van der Waals surface area contributed by atoms with E-state index in [-0.39, 0.29) is 25.6 Å². The van der Waals surface area contributed by atoms with Gasteiger partial charge in [-0.1, -0.05) is 23.7 Å². The number of halogens is 1. The Bertz CT molecular complexity index is 793. The van der Waals surface area contributed by atoms with Crippen molar-refractivity contribution < 1.29 is 28.6 Å². The number of carbonyl (C=O) groups is 3. The molecular formula is C23H33ClN2O6. The van der Waals surface area contributed by atoms with Crippen LogP contribution in [0.3, 0.4) is 0 Å². The Morgan fingerprint density at radius 1 is 1.12 bits per heavy atom. The second-order valence-corrected chi connectivity index (χ2v) is 9.09. The molecule has 0 spiro atoms. The van der Waals surface area contributed by atoms with Gasteiger partial charge in [0.15, 0.2) is 0 Å². The Morgan fingerprint density at radius 3 is 2.31 bits per heavy atom. The summed E-state index contributed by atoms with van der Waals surface area (Å²) < 4.78 is 15.8. The van der Waals surface area contributed by atoms with Crippen LogP contribution in [0.1, 0.15) is 52.6 Å². The highest BCUT2D eigenvalue weighted by molar-refractivity contribution is 6.30. The zero-order valence-electron chi connectivity index (χ0n) is 19.3. The Morgan fingerprint density at radius 2 is 1.75 bits per heavy atom. The molecule has 1 aromatic carbocycles. The topological polar surface area (TPSA) is 103 Å². The predicted octanol–water partition coefficient (Wildman–Crippen LogP) is 3.63. The molecule has 2 rings (SSSR count). The van der Waals surface area contributed by atoms with Crippen LogP contribution in [-0.2, 0) is 23.8 Å². The lowest BCUT2D eigenvalue weighted by Gasteiger charge is -2.31. The number of benzene rings is 1. The summed E-state index contributed by atoms with van der Waals surface area (Å²) in [6, 6.07) is 5.85. The molecule has 0 aromatic heterocycles. The minimum Gasteiger partial charge on any atom is -0.466 e. The molecule has 1 heterocycles. The summed E-state index contributed by atoms with van der Waals surface area (Å²) in [6.45, 7) is 9.65. The van der Waals surface area contributed by atoms with E-state index in [2.05, 4.69) is 10.6 Å². The Labute approximate surface area is 194 Å². The largest absolute Gasteiger partial charge is 0.466 e. The molecule has 8 nitrogen and oxygen atoms in total. The number of amides is 1. The molecule has 0 bridgehead atoms. The van der Waals surface area contributed by atoms with Crippen LogP contribution in [-0.4, -0.2) is 49.4 Å².